The predicted molar refractivity (Wildman–Crippen MR) is 106 cm³/mol. The molecule has 10 heteroatoms. The van der Waals surface area contributed by atoms with E-state index in [1.165, 1.54) is 12.3 Å². The normalized spacial score (nSPS) is 21.2. The highest BCUT2D eigenvalue weighted by Crippen LogP contribution is 2.33. The molecule has 0 bridgehead atoms. The Bertz CT molecular complexity index is 1020. The highest BCUT2D eigenvalue weighted by molar-refractivity contribution is 7.89. The first-order valence-corrected chi connectivity index (χ1v) is 10.9. The molecule has 1 amide bonds. The highest BCUT2D eigenvalue weighted by atomic mass is 32.2. The lowest BCUT2D eigenvalue weighted by Gasteiger charge is -2.38. The van der Waals surface area contributed by atoms with E-state index in [1.807, 2.05) is 6.92 Å². The largest absolute Gasteiger partial charge is 0.497 e. The molecule has 1 unspecified atom stereocenters. The van der Waals surface area contributed by atoms with Crippen molar-refractivity contribution < 1.29 is 17.9 Å². The van der Waals surface area contributed by atoms with Gasteiger partial charge in [0.2, 0.25) is 10.0 Å². The van der Waals surface area contributed by atoms with Gasteiger partial charge in [-0.2, -0.15) is 4.72 Å². The number of fused-ring (bicyclic) bond motifs is 1. The van der Waals surface area contributed by atoms with Gasteiger partial charge >= 0.3 is 0 Å². The number of benzene rings is 1. The Morgan fingerprint density at radius 2 is 1.97 bits per heavy atom. The van der Waals surface area contributed by atoms with Gasteiger partial charge in [-0.3, -0.25) is 9.78 Å². The summed E-state index contributed by atoms with van der Waals surface area (Å²) in [5.74, 6) is 0.493. The van der Waals surface area contributed by atoms with Crippen LogP contribution in [0.3, 0.4) is 0 Å². The van der Waals surface area contributed by atoms with E-state index in [0.29, 0.717) is 43.1 Å². The van der Waals surface area contributed by atoms with Crippen molar-refractivity contribution in [1.82, 2.24) is 19.6 Å². The Morgan fingerprint density at radius 1 is 1.21 bits per heavy atom. The van der Waals surface area contributed by atoms with Gasteiger partial charge in [-0.1, -0.05) is 0 Å². The molecule has 1 saturated heterocycles. The van der Waals surface area contributed by atoms with Crippen molar-refractivity contribution in [2.75, 3.05) is 25.5 Å². The van der Waals surface area contributed by atoms with Gasteiger partial charge in [0.05, 0.1) is 30.9 Å². The van der Waals surface area contributed by atoms with Gasteiger partial charge in [-0.05, 0) is 37.8 Å². The summed E-state index contributed by atoms with van der Waals surface area (Å²) in [6, 6.07) is 4.84. The zero-order valence-electron chi connectivity index (χ0n) is 16.3. The van der Waals surface area contributed by atoms with Crippen molar-refractivity contribution in [3.63, 3.8) is 0 Å². The Kier molecular flexibility index (Phi) is 5.13. The lowest BCUT2D eigenvalue weighted by Crippen LogP contribution is -2.52. The first-order valence-electron chi connectivity index (χ1n) is 9.42. The molecule has 1 aromatic carbocycles. The minimum atomic E-state index is -3.61. The molecule has 0 spiro atoms. The van der Waals surface area contributed by atoms with Crippen LogP contribution in [0.2, 0.25) is 0 Å². The van der Waals surface area contributed by atoms with Crippen LogP contribution in [-0.2, 0) is 10.0 Å². The third-order valence-electron chi connectivity index (χ3n) is 5.37. The molecule has 1 fully saturated rings. The molecule has 2 aromatic rings. The molecule has 0 radical (unpaired) electrons. The summed E-state index contributed by atoms with van der Waals surface area (Å²) in [4.78, 5) is 22.8. The van der Waals surface area contributed by atoms with Crippen LogP contribution in [0.25, 0.3) is 0 Å². The van der Waals surface area contributed by atoms with Crippen LogP contribution in [0.15, 0.2) is 35.5 Å². The van der Waals surface area contributed by atoms with E-state index in [0.717, 1.165) is 5.69 Å². The summed E-state index contributed by atoms with van der Waals surface area (Å²) < 4.78 is 33.2. The van der Waals surface area contributed by atoms with E-state index in [9.17, 15) is 13.2 Å². The second kappa shape index (κ2) is 7.60. The maximum Gasteiger partial charge on any atom is 0.274 e. The SMILES string of the molecule is COc1ccc2c(c1)NC(C1CCN(C(=O)c3cnc(C)cn3)CC1)NS2(=O)=O. The summed E-state index contributed by atoms with van der Waals surface area (Å²) >= 11 is 0. The van der Waals surface area contributed by atoms with Crippen LogP contribution in [0, 0.1) is 12.8 Å². The Morgan fingerprint density at radius 3 is 2.62 bits per heavy atom. The minimum absolute atomic E-state index is 0.0530. The first-order chi connectivity index (χ1) is 13.9. The highest BCUT2D eigenvalue weighted by Gasteiger charge is 2.36. The van der Waals surface area contributed by atoms with Crippen molar-refractivity contribution in [3.05, 3.63) is 42.0 Å². The number of anilines is 1. The molecule has 0 aliphatic carbocycles. The van der Waals surface area contributed by atoms with Gasteiger partial charge in [0, 0.05) is 25.4 Å². The molecule has 2 N–H and O–H groups in total. The molecular weight excluding hydrogens is 394 g/mol. The van der Waals surface area contributed by atoms with Crippen LogP contribution in [0.4, 0.5) is 5.69 Å². The molecule has 154 valence electrons. The van der Waals surface area contributed by atoms with Gasteiger partial charge in [0.25, 0.3) is 5.91 Å². The van der Waals surface area contributed by atoms with Crippen molar-refractivity contribution in [2.45, 2.75) is 30.8 Å². The zero-order valence-corrected chi connectivity index (χ0v) is 17.1. The van der Waals surface area contributed by atoms with Crippen molar-refractivity contribution >= 4 is 21.6 Å². The van der Waals surface area contributed by atoms with Gasteiger partial charge in [-0.15, -0.1) is 0 Å². The average molecular weight is 417 g/mol. The van der Waals surface area contributed by atoms with Gasteiger partial charge in [-0.25, -0.2) is 13.4 Å². The molecule has 1 atom stereocenters. The first kappa shape index (κ1) is 19.6. The lowest BCUT2D eigenvalue weighted by molar-refractivity contribution is 0.0672. The van der Waals surface area contributed by atoms with Crippen LogP contribution >= 0.6 is 0 Å². The number of piperidine rings is 1. The van der Waals surface area contributed by atoms with Crippen LogP contribution in [0.5, 0.6) is 5.75 Å². The van der Waals surface area contributed by atoms with Crippen LogP contribution in [-0.4, -0.2) is 55.6 Å². The maximum atomic E-state index is 12.6. The van der Waals surface area contributed by atoms with Gasteiger partial charge in [0.1, 0.15) is 16.3 Å². The van der Waals surface area contributed by atoms with E-state index >= 15 is 0 Å². The van der Waals surface area contributed by atoms with Gasteiger partial charge in [0.15, 0.2) is 0 Å². The minimum Gasteiger partial charge on any atom is -0.497 e. The second-order valence-electron chi connectivity index (χ2n) is 7.28. The summed E-state index contributed by atoms with van der Waals surface area (Å²) in [7, 11) is -2.07. The number of carbonyl (C=O) groups excluding carboxylic acids is 1. The van der Waals surface area contributed by atoms with E-state index in [2.05, 4.69) is 20.0 Å². The number of amides is 1. The standard InChI is InChI=1S/C19H23N5O4S/c1-12-10-21-16(11-20-12)19(25)24-7-5-13(6-8-24)18-22-15-9-14(28-2)3-4-17(15)29(26,27)23-18/h3-4,9-11,13,18,22-23H,5-8H2,1-2H3. The van der Waals surface area contributed by atoms with Crippen molar-refractivity contribution in [3.8, 4) is 5.75 Å². The molecule has 2 aliphatic heterocycles. The number of ether oxygens (including phenoxy) is 1. The van der Waals surface area contributed by atoms with E-state index in [4.69, 9.17) is 4.74 Å². The van der Waals surface area contributed by atoms with E-state index < -0.39 is 16.2 Å². The molecule has 2 aliphatic rings. The van der Waals surface area contributed by atoms with Crippen LogP contribution in [0.1, 0.15) is 29.0 Å². The van der Waals surface area contributed by atoms with E-state index in [1.54, 1.807) is 30.3 Å². The molecule has 9 nitrogen and oxygen atoms in total. The molecule has 1 aromatic heterocycles. The van der Waals surface area contributed by atoms with Crippen LogP contribution < -0.4 is 14.8 Å². The Balaban J connectivity index is 1.44. The van der Waals surface area contributed by atoms with Crippen molar-refractivity contribution in [1.29, 1.82) is 0 Å². The predicted octanol–water partition coefficient (Wildman–Crippen LogP) is 1.38. The van der Waals surface area contributed by atoms with E-state index in [-0.39, 0.29) is 16.7 Å². The monoisotopic (exact) mass is 417 g/mol. The number of hydrogen-bond acceptors (Lipinski definition) is 7. The molecule has 3 heterocycles. The third kappa shape index (κ3) is 3.90. The smallest absolute Gasteiger partial charge is 0.274 e. The maximum absolute atomic E-state index is 12.6. The third-order valence-corrected chi connectivity index (χ3v) is 6.87. The number of likely N-dealkylation sites (tertiary alicyclic amines) is 1. The van der Waals surface area contributed by atoms with Crippen molar-refractivity contribution in [2.24, 2.45) is 5.92 Å². The molecule has 4 rings (SSSR count). The summed E-state index contributed by atoms with van der Waals surface area (Å²) in [6.07, 6.45) is 3.97. The fraction of sp³-hybridized carbons (Fsp3) is 0.421. The molecule has 29 heavy (non-hydrogen) atoms. The zero-order chi connectivity index (χ0) is 20.6. The Labute approximate surface area is 169 Å². The second-order valence-corrected chi connectivity index (χ2v) is 8.96. The Hall–Kier alpha value is -2.72. The summed E-state index contributed by atoms with van der Waals surface area (Å²) in [6.45, 7) is 2.88. The number of aromatic nitrogens is 2. The number of carbonyl (C=O) groups is 1. The number of aryl methyl sites for hydroxylation is 1. The fourth-order valence-electron chi connectivity index (χ4n) is 3.73. The number of sulfonamides is 1. The number of methoxy groups -OCH3 is 1. The van der Waals surface area contributed by atoms with Gasteiger partial charge < -0.3 is 15.0 Å². The topological polar surface area (TPSA) is 114 Å². The number of rotatable bonds is 3. The number of hydrogen-bond donors (Lipinski definition) is 2. The fourth-order valence-corrected chi connectivity index (χ4v) is 5.09. The molecule has 0 saturated carbocycles. The molecular formula is C19H23N5O4S. The quantitative estimate of drug-likeness (QED) is 0.775. The number of nitrogens with one attached hydrogen (secondary N) is 2. The number of nitrogens with zero attached hydrogens (tertiary/aromatic N) is 3. The average Bonchev–Trinajstić information content (AvgIpc) is 2.73. The lowest BCUT2D eigenvalue weighted by atomic mass is 9.93. The summed E-state index contributed by atoms with van der Waals surface area (Å²) in [5, 5.41) is 3.28. The summed E-state index contributed by atoms with van der Waals surface area (Å²) in [5.41, 5.74) is 1.61.